The van der Waals surface area contributed by atoms with Gasteiger partial charge in [-0.15, -0.1) is 0 Å². The summed E-state index contributed by atoms with van der Waals surface area (Å²) in [4.78, 5) is 19.2. The van der Waals surface area contributed by atoms with Crippen molar-refractivity contribution in [3.8, 4) is 0 Å². The van der Waals surface area contributed by atoms with Gasteiger partial charge in [-0.25, -0.2) is 0 Å². The number of nitrogens with two attached hydrogens (primary N) is 1. The first-order valence-electron chi connectivity index (χ1n) is 5.02. The van der Waals surface area contributed by atoms with Crippen LogP contribution in [0.25, 0.3) is 0 Å². The van der Waals surface area contributed by atoms with Gasteiger partial charge in [0.1, 0.15) is 12.4 Å². The van der Waals surface area contributed by atoms with Crippen molar-refractivity contribution < 1.29 is 14.7 Å². The van der Waals surface area contributed by atoms with Gasteiger partial charge < -0.3 is 10.8 Å². The molecule has 0 saturated heterocycles. The van der Waals surface area contributed by atoms with E-state index in [4.69, 9.17) is 15.7 Å². The Hall–Kier alpha value is -1.14. The lowest BCUT2D eigenvalue weighted by Crippen LogP contribution is -2.29. The van der Waals surface area contributed by atoms with Gasteiger partial charge in [0.2, 0.25) is 0 Å². The summed E-state index contributed by atoms with van der Waals surface area (Å²) in [5.74, 6) is -0.948. The second-order valence-electron chi connectivity index (χ2n) is 3.03. The lowest BCUT2D eigenvalue weighted by molar-refractivity contribution is -0.138. The molecule has 0 saturated carbocycles. The monoisotopic (exact) mass is 217 g/mol. The number of rotatable bonds is 9. The Bertz CT molecular complexity index is 197. The SMILES string of the molecule is CCONC=NCCCC[C@H](N)C(=O)O. The summed E-state index contributed by atoms with van der Waals surface area (Å²) >= 11 is 0. The molecule has 0 aliphatic carbocycles. The molecule has 4 N–H and O–H groups in total. The average Bonchev–Trinajstić information content (AvgIpc) is 2.21. The third-order valence-corrected chi connectivity index (χ3v) is 1.74. The van der Waals surface area contributed by atoms with Crippen LogP contribution in [0.4, 0.5) is 0 Å². The number of hydrogen-bond acceptors (Lipinski definition) is 4. The highest BCUT2D eigenvalue weighted by atomic mass is 16.6. The Morgan fingerprint density at radius 2 is 2.40 bits per heavy atom. The summed E-state index contributed by atoms with van der Waals surface area (Å²) < 4.78 is 0. The highest BCUT2D eigenvalue weighted by molar-refractivity contribution is 5.72. The van der Waals surface area contributed by atoms with Crippen LogP contribution in [-0.2, 0) is 9.63 Å². The molecule has 6 heteroatoms. The number of carbonyl (C=O) groups is 1. The van der Waals surface area contributed by atoms with Gasteiger partial charge in [0.05, 0.1) is 6.61 Å². The number of unbranched alkanes of at least 4 members (excludes halogenated alkanes) is 1. The van der Waals surface area contributed by atoms with E-state index < -0.39 is 12.0 Å². The first kappa shape index (κ1) is 13.9. The van der Waals surface area contributed by atoms with Crippen molar-refractivity contribution in [1.82, 2.24) is 5.48 Å². The quantitative estimate of drug-likeness (QED) is 0.221. The van der Waals surface area contributed by atoms with Gasteiger partial charge >= 0.3 is 5.97 Å². The molecule has 0 aromatic heterocycles. The van der Waals surface area contributed by atoms with Gasteiger partial charge in [0.15, 0.2) is 0 Å². The Balaban J connectivity index is 3.24. The topological polar surface area (TPSA) is 96.9 Å². The predicted octanol–water partition coefficient (Wildman–Crippen LogP) is 0.138. The number of nitrogens with zero attached hydrogens (tertiary/aromatic N) is 1. The minimum absolute atomic E-state index is 0.490. The molecule has 0 aromatic rings. The van der Waals surface area contributed by atoms with E-state index in [2.05, 4.69) is 10.5 Å². The molecule has 0 amide bonds. The summed E-state index contributed by atoms with van der Waals surface area (Å²) in [5.41, 5.74) is 7.87. The van der Waals surface area contributed by atoms with E-state index in [1.54, 1.807) is 0 Å². The van der Waals surface area contributed by atoms with Crippen LogP contribution in [0.3, 0.4) is 0 Å². The summed E-state index contributed by atoms with van der Waals surface area (Å²) in [5, 5.41) is 8.50. The Labute approximate surface area is 89.5 Å². The van der Waals surface area contributed by atoms with E-state index in [1.165, 1.54) is 6.34 Å². The minimum atomic E-state index is -0.948. The van der Waals surface area contributed by atoms with Gasteiger partial charge in [0.25, 0.3) is 0 Å². The molecular formula is C9H19N3O3. The van der Waals surface area contributed by atoms with Gasteiger partial charge in [-0.05, 0) is 26.2 Å². The zero-order valence-electron chi connectivity index (χ0n) is 8.98. The molecule has 0 rings (SSSR count). The number of aliphatic imine (C=N–C) groups is 1. The summed E-state index contributed by atoms with van der Waals surface area (Å²) in [7, 11) is 0. The first-order valence-corrected chi connectivity index (χ1v) is 5.02. The minimum Gasteiger partial charge on any atom is -0.480 e. The fourth-order valence-corrected chi connectivity index (χ4v) is 0.913. The van der Waals surface area contributed by atoms with Crippen LogP contribution in [0.5, 0.6) is 0 Å². The maximum atomic E-state index is 10.4. The van der Waals surface area contributed by atoms with Crippen LogP contribution in [0.2, 0.25) is 0 Å². The molecule has 88 valence electrons. The van der Waals surface area contributed by atoms with Gasteiger partial charge in [-0.2, -0.15) is 0 Å². The molecule has 1 atom stereocenters. The summed E-state index contributed by atoms with van der Waals surface area (Å²) in [6.07, 6.45) is 3.56. The van der Waals surface area contributed by atoms with Crippen molar-refractivity contribution in [2.75, 3.05) is 13.2 Å². The molecule has 0 aliphatic rings. The fraction of sp³-hybridized carbons (Fsp3) is 0.778. The van der Waals surface area contributed by atoms with Crippen molar-refractivity contribution in [3.63, 3.8) is 0 Å². The molecule has 0 bridgehead atoms. The Kier molecular flexibility index (Phi) is 8.70. The van der Waals surface area contributed by atoms with Crippen LogP contribution < -0.4 is 11.2 Å². The van der Waals surface area contributed by atoms with E-state index in [9.17, 15) is 4.79 Å². The predicted molar refractivity (Wildman–Crippen MR) is 57.6 cm³/mol. The normalized spacial score (nSPS) is 12.9. The lowest BCUT2D eigenvalue weighted by Gasteiger charge is -2.04. The van der Waals surface area contributed by atoms with Crippen LogP contribution >= 0.6 is 0 Å². The number of nitrogens with one attached hydrogen (secondary N) is 1. The molecular weight excluding hydrogens is 198 g/mol. The number of hydrogen-bond donors (Lipinski definition) is 3. The summed E-state index contributed by atoms with van der Waals surface area (Å²) in [6, 6.07) is -0.754. The van der Waals surface area contributed by atoms with Crippen LogP contribution in [0.1, 0.15) is 26.2 Å². The standard InChI is InChI=1S/C9H19N3O3/c1-2-15-12-7-11-6-4-3-5-8(10)9(13)14/h7-8H,2-6,10H2,1H3,(H,11,12)(H,13,14)/t8-/m0/s1. The van der Waals surface area contributed by atoms with Crippen molar-refractivity contribution >= 4 is 12.3 Å². The van der Waals surface area contributed by atoms with Gasteiger partial charge in [-0.1, -0.05) is 0 Å². The summed E-state index contributed by atoms with van der Waals surface area (Å²) in [6.45, 7) is 3.10. The van der Waals surface area contributed by atoms with Crippen molar-refractivity contribution in [3.05, 3.63) is 0 Å². The molecule has 6 nitrogen and oxygen atoms in total. The number of hydroxylamine groups is 1. The van der Waals surface area contributed by atoms with Gasteiger partial charge in [0, 0.05) is 6.54 Å². The zero-order chi connectivity index (χ0) is 11.5. The third kappa shape index (κ3) is 9.17. The molecule has 0 aliphatic heterocycles. The van der Waals surface area contributed by atoms with Crippen LogP contribution in [-0.4, -0.2) is 36.6 Å². The van der Waals surface area contributed by atoms with E-state index in [0.717, 1.165) is 12.8 Å². The second-order valence-corrected chi connectivity index (χ2v) is 3.03. The first-order chi connectivity index (χ1) is 7.18. The van der Waals surface area contributed by atoms with Gasteiger partial charge in [-0.3, -0.25) is 20.1 Å². The van der Waals surface area contributed by atoms with E-state index >= 15 is 0 Å². The van der Waals surface area contributed by atoms with Crippen molar-refractivity contribution in [1.29, 1.82) is 0 Å². The smallest absolute Gasteiger partial charge is 0.320 e. The van der Waals surface area contributed by atoms with Crippen molar-refractivity contribution in [2.24, 2.45) is 10.7 Å². The lowest BCUT2D eigenvalue weighted by atomic mass is 10.1. The maximum Gasteiger partial charge on any atom is 0.320 e. The molecule has 0 aromatic carbocycles. The molecule has 0 spiro atoms. The highest BCUT2D eigenvalue weighted by Crippen LogP contribution is 1.98. The number of carboxylic acids is 1. The average molecular weight is 217 g/mol. The van der Waals surface area contributed by atoms with E-state index in [-0.39, 0.29) is 0 Å². The molecule has 0 fully saturated rings. The van der Waals surface area contributed by atoms with Crippen LogP contribution in [0, 0.1) is 0 Å². The zero-order valence-corrected chi connectivity index (χ0v) is 8.98. The molecule has 0 radical (unpaired) electrons. The molecule has 0 unspecified atom stereocenters. The third-order valence-electron chi connectivity index (χ3n) is 1.74. The second kappa shape index (κ2) is 9.42. The highest BCUT2D eigenvalue weighted by Gasteiger charge is 2.09. The largest absolute Gasteiger partial charge is 0.480 e. The molecule has 0 heterocycles. The van der Waals surface area contributed by atoms with E-state index in [0.29, 0.717) is 19.6 Å². The fourth-order valence-electron chi connectivity index (χ4n) is 0.913. The van der Waals surface area contributed by atoms with Crippen LogP contribution in [0.15, 0.2) is 4.99 Å². The number of carboxylic acid groups (broad SMARTS) is 1. The Morgan fingerprint density at radius 3 is 3.00 bits per heavy atom. The van der Waals surface area contributed by atoms with E-state index in [1.807, 2.05) is 6.92 Å². The molecule has 15 heavy (non-hydrogen) atoms. The van der Waals surface area contributed by atoms with Crippen molar-refractivity contribution in [2.45, 2.75) is 32.2 Å². The Morgan fingerprint density at radius 1 is 1.67 bits per heavy atom. The maximum absolute atomic E-state index is 10.4. The number of aliphatic carboxylic acids is 1.